The van der Waals surface area contributed by atoms with E-state index in [0.717, 1.165) is 31.2 Å². The first-order valence-electron chi connectivity index (χ1n) is 8.17. The Morgan fingerprint density at radius 1 is 1.15 bits per heavy atom. The quantitative estimate of drug-likeness (QED) is 0.444. The van der Waals surface area contributed by atoms with Crippen molar-refractivity contribution in [2.75, 3.05) is 11.9 Å². The predicted octanol–water partition coefficient (Wildman–Crippen LogP) is 5.86. The Hall–Kier alpha value is -2.44. The van der Waals surface area contributed by atoms with Crippen molar-refractivity contribution in [2.45, 2.75) is 6.92 Å². The van der Waals surface area contributed by atoms with Crippen molar-refractivity contribution in [1.29, 1.82) is 0 Å². The molecule has 0 spiro atoms. The third kappa shape index (κ3) is 3.18. The predicted molar refractivity (Wildman–Crippen MR) is 110 cm³/mol. The number of amides is 1. The number of ether oxygens (including phenoxy) is 1. The van der Waals surface area contributed by atoms with Crippen LogP contribution >= 0.6 is 27.3 Å². The second-order valence-electron chi connectivity index (χ2n) is 5.68. The number of thiazole rings is 1. The molecule has 6 heteroatoms. The van der Waals surface area contributed by atoms with Crippen LogP contribution in [0.1, 0.15) is 17.3 Å². The molecule has 0 bridgehead atoms. The van der Waals surface area contributed by atoms with E-state index >= 15 is 0 Å². The molecule has 4 aromatic rings. The number of aromatic nitrogens is 1. The number of nitrogens with one attached hydrogen (secondary N) is 1. The molecule has 1 heterocycles. The Bertz CT molecular complexity index is 1120. The summed E-state index contributed by atoms with van der Waals surface area (Å²) in [6.07, 6.45) is 0. The minimum Gasteiger partial charge on any atom is -0.494 e. The molecule has 3 aromatic carbocycles. The van der Waals surface area contributed by atoms with Crippen LogP contribution in [0.3, 0.4) is 0 Å². The fraction of sp³-hybridized carbons (Fsp3) is 0.100. The second kappa shape index (κ2) is 7.05. The number of rotatable bonds is 4. The standard InChI is InChI=1S/C20H15BrN2O2S/c1-2-25-12-9-10-17-18(11-12)26-20(22-17)23-19(24)15-7-3-6-14-13(15)5-4-8-16(14)21/h3-11H,2H2,1H3,(H,22,23,24). The van der Waals surface area contributed by atoms with Crippen LogP contribution in [0.25, 0.3) is 21.0 Å². The average Bonchev–Trinajstić information content (AvgIpc) is 3.03. The first-order chi connectivity index (χ1) is 12.7. The highest BCUT2D eigenvalue weighted by Crippen LogP contribution is 2.31. The van der Waals surface area contributed by atoms with Gasteiger partial charge in [0.05, 0.1) is 16.8 Å². The fourth-order valence-corrected chi connectivity index (χ4v) is 4.24. The van der Waals surface area contributed by atoms with E-state index in [2.05, 4.69) is 26.2 Å². The molecule has 0 saturated carbocycles. The lowest BCUT2D eigenvalue weighted by Crippen LogP contribution is -2.12. The number of fused-ring (bicyclic) bond motifs is 2. The molecule has 0 saturated heterocycles. The van der Waals surface area contributed by atoms with Gasteiger partial charge in [-0.3, -0.25) is 10.1 Å². The maximum absolute atomic E-state index is 12.8. The number of benzene rings is 3. The molecule has 1 amide bonds. The number of nitrogens with zero attached hydrogens (tertiary/aromatic N) is 1. The summed E-state index contributed by atoms with van der Waals surface area (Å²) in [5, 5.41) is 5.41. The van der Waals surface area contributed by atoms with Crippen LogP contribution in [0.5, 0.6) is 5.75 Å². The van der Waals surface area contributed by atoms with Gasteiger partial charge in [-0.1, -0.05) is 51.5 Å². The van der Waals surface area contributed by atoms with Crippen LogP contribution in [0.2, 0.25) is 0 Å². The van der Waals surface area contributed by atoms with E-state index in [0.29, 0.717) is 17.3 Å². The van der Waals surface area contributed by atoms with Gasteiger partial charge in [-0.15, -0.1) is 0 Å². The van der Waals surface area contributed by atoms with Gasteiger partial charge in [0.1, 0.15) is 5.75 Å². The highest BCUT2D eigenvalue weighted by Gasteiger charge is 2.14. The maximum atomic E-state index is 12.8. The number of carbonyl (C=O) groups is 1. The van der Waals surface area contributed by atoms with Gasteiger partial charge < -0.3 is 4.74 Å². The van der Waals surface area contributed by atoms with E-state index in [1.165, 1.54) is 11.3 Å². The van der Waals surface area contributed by atoms with Crippen LogP contribution in [-0.2, 0) is 0 Å². The van der Waals surface area contributed by atoms with E-state index in [1.807, 2.05) is 61.5 Å². The van der Waals surface area contributed by atoms with Gasteiger partial charge in [-0.2, -0.15) is 0 Å². The molecule has 0 radical (unpaired) electrons. The van der Waals surface area contributed by atoms with Gasteiger partial charge in [0, 0.05) is 10.0 Å². The average molecular weight is 427 g/mol. The smallest absolute Gasteiger partial charge is 0.258 e. The molecular formula is C20H15BrN2O2S. The van der Waals surface area contributed by atoms with Crippen LogP contribution in [0.4, 0.5) is 5.13 Å². The molecule has 26 heavy (non-hydrogen) atoms. The molecule has 0 fully saturated rings. The highest BCUT2D eigenvalue weighted by atomic mass is 79.9. The number of carbonyl (C=O) groups excluding carboxylic acids is 1. The normalized spacial score (nSPS) is 11.0. The lowest BCUT2D eigenvalue weighted by Gasteiger charge is -2.07. The third-order valence-corrected chi connectivity index (χ3v) is 5.63. The Kier molecular flexibility index (Phi) is 4.61. The van der Waals surface area contributed by atoms with E-state index in [9.17, 15) is 4.79 Å². The summed E-state index contributed by atoms with van der Waals surface area (Å²) in [4.78, 5) is 17.3. The summed E-state index contributed by atoms with van der Waals surface area (Å²) in [6, 6.07) is 17.3. The van der Waals surface area contributed by atoms with Crippen LogP contribution < -0.4 is 10.1 Å². The van der Waals surface area contributed by atoms with Crippen molar-refractivity contribution in [3.05, 3.63) is 64.6 Å². The lowest BCUT2D eigenvalue weighted by molar-refractivity contribution is 0.102. The first kappa shape index (κ1) is 17.0. The third-order valence-electron chi connectivity index (χ3n) is 4.00. The van der Waals surface area contributed by atoms with Crippen molar-refractivity contribution in [2.24, 2.45) is 0 Å². The zero-order valence-corrected chi connectivity index (χ0v) is 16.4. The molecule has 4 nitrogen and oxygen atoms in total. The number of anilines is 1. The van der Waals surface area contributed by atoms with Gasteiger partial charge in [0.25, 0.3) is 5.91 Å². The molecule has 0 atom stereocenters. The van der Waals surface area contributed by atoms with Crippen LogP contribution in [-0.4, -0.2) is 17.5 Å². The SMILES string of the molecule is CCOc1ccc2nc(NC(=O)c3cccc4c(Br)cccc34)sc2c1. The minimum atomic E-state index is -0.169. The number of hydrogen-bond acceptors (Lipinski definition) is 4. The molecule has 0 aliphatic rings. The molecule has 130 valence electrons. The zero-order valence-electron chi connectivity index (χ0n) is 14.0. The van der Waals surface area contributed by atoms with Crippen molar-refractivity contribution >= 4 is 59.3 Å². The van der Waals surface area contributed by atoms with Gasteiger partial charge in [-0.05, 0) is 48.0 Å². The lowest BCUT2D eigenvalue weighted by atomic mass is 10.0. The Morgan fingerprint density at radius 2 is 1.96 bits per heavy atom. The molecule has 0 unspecified atom stereocenters. The highest BCUT2D eigenvalue weighted by molar-refractivity contribution is 9.10. The molecule has 4 rings (SSSR count). The molecule has 1 aromatic heterocycles. The largest absolute Gasteiger partial charge is 0.494 e. The Balaban J connectivity index is 1.66. The molecule has 0 aliphatic heterocycles. The van der Waals surface area contributed by atoms with Crippen molar-refractivity contribution in [3.8, 4) is 5.75 Å². The summed E-state index contributed by atoms with van der Waals surface area (Å²) in [5.41, 5.74) is 1.47. The van der Waals surface area contributed by atoms with Gasteiger partial charge in [0.15, 0.2) is 5.13 Å². The monoisotopic (exact) mass is 426 g/mol. The van der Waals surface area contributed by atoms with Crippen molar-refractivity contribution < 1.29 is 9.53 Å². The van der Waals surface area contributed by atoms with Gasteiger partial charge in [-0.25, -0.2) is 4.98 Å². The fourth-order valence-electron chi connectivity index (χ4n) is 2.85. The molecular weight excluding hydrogens is 412 g/mol. The zero-order chi connectivity index (χ0) is 18.1. The Labute approximate surface area is 162 Å². The van der Waals surface area contributed by atoms with Gasteiger partial charge in [0.2, 0.25) is 0 Å². The van der Waals surface area contributed by atoms with E-state index in [-0.39, 0.29) is 5.91 Å². The van der Waals surface area contributed by atoms with E-state index in [4.69, 9.17) is 4.74 Å². The molecule has 1 N–H and O–H groups in total. The summed E-state index contributed by atoms with van der Waals surface area (Å²) in [7, 11) is 0. The number of hydrogen-bond donors (Lipinski definition) is 1. The van der Waals surface area contributed by atoms with Crippen LogP contribution in [0, 0.1) is 0 Å². The van der Waals surface area contributed by atoms with Crippen molar-refractivity contribution in [1.82, 2.24) is 4.98 Å². The minimum absolute atomic E-state index is 0.169. The number of halogens is 1. The van der Waals surface area contributed by atoms with E-state index < -0.39 is 0 Å². The summed E-state index contributed by atoms with van der Waals surface area (Å²) in [6.45, 7) is 2.57. The second-order valence-corrected chi connectivity index (χ2v) is 7.56. The Morgan fingerprint density at radius 3 is 2.81 bits per heavy atom. The summed E-state index contributed by atoms with van der Waals surface area (Å²) >= 11 is 4.97. The first-order valence-corrected chi connectivity index (χ1v) is 9.78. The summed E-state index contributed by atoms with van der Waals surface area (Å²) in [5.74, 6) is 0.637. The summed E-state index contributed by atoms with van der Waals surface area (Å²) < 4.78 is 7.46. The van der Waals surface area contributed by atoms with E-state index in [1.54, 1.807) is 0 Å². The molecule has 0 aliphatic carbocycles. The maximum Gasteiger partial charge on any atom is 0.258 e. The van der Waals surface area contributed by atoms with Crippen LogP contribution in [0.15, 0.2) is 59.1 Å². The van der Waals surface area contributed by atoms with Crippen molar-refractivity contribution in [3.63, 3.8) is 0 Å². The van der Waals surface area contributed by atoms with Gasteiger partial charge >= 0.3 is 0 Å². The topological polar surface area (TPSA) is 51.2 Å².